The van der Waals surface area contributed by atoms with Crippen molar-refractivity contribution in [1.29, 1.82) is 0 Å². The number of benzene rings is 5. The number of carbonyl (C=O) groups excluding carboxylic acids is 1. The Morgan fingerprint density at radius 2 is 1.61 bits per heavy atom. The van der Waals surface area contributed by atoms with Gasteiger partial charge in [0.1, 0.15) is 7.05 Å². The second-order valence-electron chi connectivity index (χ2n) is 15.0. The monoisotopic (exact) mass is 886 g/mol. The molecule has 1 unspecified atom stereocenters. The highest BCUT2D eigenvalue weighted by Crippen LogP contribution is 2.33. The lowest BCUT2D eigenvalue weighted by molar-refractivity contribution is -0.143. The van der Waals surface area contributed by atoms with E-state index >= 15 is 0 Å². The number of halogens is 1. The van der Waals surface area contributed by atoms with Crippen LogP contribution in [0.25, 0.3) is 11.1 Å². The molecule has 1 fully saturated rings. The van der Waals surface area contributed by atoms with Crippen molar-refractivity contribution in [3.8, 4) is 11.1 Å². The Morgan fingerprint density at radius 1 is 0.918 bits per heavy atom. The Kier molecular flexibility index (Phi) is 15.8. The van der Waals surface area contributed by atoms with Crippen LogP contribution in [0, 0.1) is 11.1 Å². The summed E-state index contributed by atoms with van der Waals surface area (Å²) in [7, 11) is -3.49. The first kappa shape index (κ1) is 45.6. The molecule has 6 rings (SSSR count). The maximum absolute atomic E-state index is 13.5. The minimum Gasteiger partial charge on any atom is -0.593 e. The van der Waals surface area contributed by atoms with Gasteiger partial charge in [-0.3, -0.25) is 9.59 Å². The molecule has 0 aromatic heterocycles. The average Bonchev–Trinajstić information content (AvgIpc) is 3.25. The molecule has 13 nitrogen and oxygen atoms in total. The van der Waals surface area contributed by atoms with Gasteiger partial charge >= 0.3 is 5.97 Å². The second kappa shape index (κ2) is 21.2. The summed E-state index contributed by atoms with van der Waals surface area (Å²) in [6.45, 7) is 3.90. The van der Waals surface area contributed by atoms with Crippen LogP contribution in [0.2, 0.25) is 5.02 Å². The van der Waals surface area contributed by atoms with Crippen molar-refractivity contribution < 1.29 is 28.3 Å². The zero-order valence-corrected chi connectivity index (χ0v) is 36.2. The predicted molar refractivity (Wildman–Crippen MR) is 243 cm³/mol. The Balaban J connectivity index is 1.05. The molecule has 5 aromatic carbocycles. The highest BCUT2D eigenvalue weighted by Gasteiger charge is 2.28. The number of hydrogen-bond acceptors (Lipinski definition) is 11. The van der Waals surface area contributed by atoms with Crippen LogP contribution in [0.3, 0.4) is 0 Å². The first-order valence-electron chi connectivity index (χ1n) is 20.1. The van der Waals surface area contributed by atoms with E-state index in [1.54, 1.807) is 23.9 Å². The number of aliphatic carboxylic acids is 1. The number of nitrogens with one attached hydrogen (secondary N) is 4. The van der Waals surface area contributed by atoms with Crippen LogP contribution in [-0.2, 0) is 21.4 Å². The zero-order valence-electron chi connectivity index (χ0n) is 33.8. The molecule has 1 saturated heterocycles. The van der Waals surface area contributed by atoms with E-state index < -0.39 is 26.7 Å². The van der Waals surface area contributed by atoms with Crippen LogP contribution < -0.4 is 25.5 Å². The van der Waals surface area contributed by atoms with Crippen LogP contribution in [0.15, 0.2) is 131 Å². The Morgan fingerprint density at radius 3 is 2.30 bits per heavy atom. The van der Waals surface area contributed by atoms with Crippen LogP contribution >= 0.6 is 23.4 Å². The van der Waals surface area contributed by atoms with Crippen molar-refractivity contribution in [1.82, 2.24) is 19.7 Å². The van der Waals surface area contributed by atoms with Gasteiger partial charge in [-0.2, -0.15) is 4.81 Å². The fraction of sp³-hybridized carbons (Fsp3) is 0.289. The summed E-state index contributed by atoms with van der Waals surface area (Å²) in [5.74, 6) is -1.39. The average molecular weight is 888 g/mol. The lowest BCUT2D eigenvalue weighted by atomic mass is 9.97. The number of amides is 1. The largest absolute Gasteiger partial charge is 0.593 e. The SMILES string of the molecule is C[N+]([O-])(O)c1cc(S(=O)(=O)NC(=O)c2ccc(NCCNCc3ccccc3-c3ccc(Cl)cc3)cc2)ccc1N[C@H](CCN1CCC(C(=O)O)CC1)CSc1ccccc1. The smallest absolute Gasteiger partial charge is 0.306 e. The Bertz CT molecular complexity index is 2340. The molecule has 1 aliphatic heterocycles. The van der Waals surface area contributed by atoms with Crippen molar-refractivity contribution in [2.75, 3.05) is 56.2 Å². The lowest BCUT2D eigenvalue weighted by Gasteiger charge is -2.33. The van der Waals surface area contributed by atoms with Crippen molar-refractivity contribution >= 4 is 62.3 Å². The van der Waals surface area contributed by atoms with E-state index in [1.807, 2.05) is 66.7 Å². The quantitative estimate of drug-likeness (QED) is 0.0193. The summed E-state index contributed by atoms with van der Waals surface area (Å²) in [4.78, 5) is 25.6. The van der Waals surface area contributed by atoms with Gasteiger partial charge in [-0.25, -0.2) is 18.3 Å². The number of rotatable bonds is 20. The van der Waals surface area contributed by atoms with Crippen molar-refractivity contribution in [2.45, 2.75) is 41.6 Å². The zero-order chi connectivity index (χ0) is 43.4. The van der Waals surface area contributed by atoms with Gasteiger partial charge < -0.3 is 31.2 Å². The molecule has 1 amide bonds. The third kappa shape index (κ3) is 13.3. The van der Waals surface area contributed by atoms with Gasteiger partial charge in [0.2, 0.25) is 0 Å². The van der Waals surface area contributed by atoms with Gasteiger partial charge in [0.25, 0.3) is 15.9 Å². The van der Waals surface area contributed by atoms with Crippen molar-refractivity contribution in [2.24, 2.45) is 5.92 Å². The fourth-order valence-corrected chi connectivity index (χ4v) is 9.21. The Labute approximate surface area is 366 Å². The summed E-state index contributed by atoms with van der Waals surface area (Å²) in [6, 6.07) is 35.7. The highest BCUT2D eigenvalue weighted by molar-refractivity contribution is 7.99. The molecule has 2 atom stereocenters. The molecule has 0 bridgehead atoms. The molecule has 0 saturated carbocycles. The molecule has 1 aliphatic rings. The van der Waals surface area contributed by atoms with Gasteiger partial charge in [-0.15, -0.1) is 11.8 Å². The van der Waals surface area contributed by atoms with E-state index in [-0.39, 0.29) is 33.8 Å². The molecule has 5 aromatic rings. The standard InChI is InChI=1S/C45H51ClN6O7S2/c1-52(56,57)43-29-40(19-20-42(43)49-38(31-60-39-8-3-2-4-9-39)23-28-51-26-21-34(22-27-51)45(54)55)61(58,59)50-44(53)33-13-17-37(18-14-33)48-25-24-47-30-35-7-5-6-10-41(35)32-11-15-36(46)16-12-32/h2-20,29,34,38,47-49,56H,21-28,30-31H2,1H3,(H,50,53)(H,54,55)/t38-/m1/s1. The molecule has 1 heterocycles. The first-order valence-corrected chi connectivity index (χ1v) is 22.9. The predicted octanol–water partition coefficient (Wildman–Crippen LogP) is 7.91. The molecule has 0 spiro atoms. The van der Waals surface area contributed by atoms with E-state index in [9.17, 15) is 33.5 Å². The number of anilines is 2. The Hall–Kier alpha value is -4.97. The minimum atomic E-state index is -4.46. The molecule has 61 heavy (non-hydrogen) atoms. The number of carboxylic acid groups (broad SMARTS) is 1. The fourth-order valence-electron chi connectivity index (χ4n) is 7.10. The third-order valence-electron chi connectivity index (χ3n) is 10.5. The van der Waals surface area contributed by atoms with E-state index in [0.29, 0.717) is 69.3 Å². The number of likely N-dealkylation sites (tertiary alicyclic amines) is 1. The first-order chi connectivity index (χ1) is 29.2. The summed E-state index contributed by atoms with van der Waals surface area (Å²) in [5.41, 5.74) is 4.22. The van der Waals surface area contributed by atoms with Crippen LogP contribution in [0.1, 0.15) is 35.2 Å². The number of piperidine rings is 1. The normalized spacial score (nSPS) is 15.1. The molecule has 0 radical (unpaired) electrons. The van der Waals surface area contributed by atoms with Gasteiger partial charge in [0, 0.05) is 65.2 Å². The summed E-state index contributed by atoms with van der Waals surface area (Å²) < 4.78 is 29.1. The molecular formula is C45H51ClN6O7S2. The number of nitrogens with zero attached hydrogens (tertiary/aromatic N) is 2. The van der Waals surface area contributed by atoms with Crippen molar-refractivity contribution in [3.63, 3.8) is 0 Å². The van der Waals surface area contributed by atoms with Gasteiger partial charge in [0.15, 0.2) is 5.69 Å². The second-order valence-corrected chi connectivity index (χ2v) is 18.3. The van der Waals surface area contributed by atoms with Gasteiger partial charge in [-0.05, 0) is 110 Å². The summed E-state index contributed by atoms with van der Waals surface area (Å²) >= 11 is 7.68. The van der Waals surface area contributed by atoms with E-state index in [2.05, 4.69) is 37.7 Å². The number of carbonyl (C=O) groups is 2. The summed E-state index contributed by atoms with van der Waals surface area (Å²) in [5, 5.41) is 43.9. The van der Waals surface area contributed by atoms with Crippen molar-refractivity contribution in [3.05, 3.63) is 143 Å². The van der Waals surface area contributed by atoms with Crippen LogP contribution in [-0.4, -0.2) is 87.1 Å². The number of hydroxylamine groups is 2. The van der Waals surface area contributed by atoms with Gasteiger partial charge in [0.05, 0.1) is 16.5 Å². The maximum Gasteiger partial charge on any atom is 0.306 e. The van der Waals surface area contributed by atoms with Crippen LogP contribution in [0.4, 0.5) is 17.1 Å². The van der Waals surface area contributed by atoms with E-state index in [0.717, 1.165) is 40.4 Å². The number of carboxylic acids is 1. The van der Waals surface area contributed by atoms with E-state index in [1.165, 1.54) is 24.3 Å². The molecule has 0 aliphatic carbocycles. The number of hydrogen-bond donors (Lipinski definition) is 6. The lowest BCUT2D eigenvalue weighted by Crippen LogP contribution is -2.39. The number of quaternary nitrogens is 1. The maximum atomic E-state index is 13.5. The van der Waals surface area contributed by atoms with E-state index in [4.69, 9.17) is 11.6 Å². The van der Waals surface area contributed by atoms with Gasteiger partial charge in [-0.1, -0.05) is 66.2 Å². The number of thioether (sulfide) groups is 1. The molecular weight excluding hydrogens is 836 g/mol. The molecule has 322 valence electrons. The molecule has 6 N–H and O–H groups in total. The molecule has 16 heteroatoms. The minimum absolute atomic E-state index is 0.113. The topological polar surface area (TPSA) is 183 Å². The number of sulfonamides is 1. The highest BCUT2D eigenvalue weighted by atomic mass is 35.5. The summed E-state index contributed by atoms with van der Waals surface area (Å²) in [6.07, 6.45) is 1.78. The third-order valence-corrected chi connectivity index (χ3v) is 13.3. The van der Waals surface area contributed by atoms with Crippen LogP contribution in [0.5, 0.6) is 0 Å².